The van der Waals surface area contributed by atoms with Crippen LogP contribution in [0, 0.1) is 12.8 Å². The predicted molar refractivity (Wildman–Crippen MR) is 103 cm³/mol. The molecule has 0 radical (unpaired) electrons. The first-order valence-corrected chi connectivity index (χ1v) is 9.71. The van der Waals surface area contributed by atoms with Gasteiger partial charge in [-0.2, -0.15) is 0 Å². The van der Waals surface area contributed by atoms with E-state index < -0.39 is 5.54 Å². The average Bonchev–Trinajstić information content (AvgIpc) is 3.17. The van der Waals surface area contributed by atoms with Crippen molar-refractivity contribution in [2.45, 2.75) is 57.9 Å². The van der Waals surface area contributed by atoms with Crippen molar-refractivity contribution < 1.29 is 18.7 Å². The van der Waals surface area contributed by atoms with Gasteiger partial charge in [-0.25, -0.2) is 4.79 Å². The second kappa shape index (κ2) is 8.54. The minimum absolute atomic E-state index is 0.170. The van der Waals surface area contributed by atoms with Crippen molar-refractivity contribution in [3.05, 3.63) is 35.7 Å². The summed E-state index contributed by atoms with van der Waals surface area (Å²) in [6, 6.07) is 7.79. The molecule has 0 aliphatic heterocycles. The van der Waals surface area contributed by atoms with E-state index in [0.717, 1.165) is 24.0 Å². The molecule has 2 aromatic rings. The van der Waals surface area contributed by atoms with Gasteiger partial charge in [0.1, 0.15) is 5.54 Å². The highest BCUT2D eigenvalue weighted by atomic mass is 16.5. The highest BCUT2D eigenvalue weighted by molar-refractivity contribution is 5.88. The Bertz CT molecular complexity index is 820. The summed E-state index contributed by atoms with van der Waals surface area (Å²) >= 11 is 0. The molecule has 1 heterocycles. The molecule has 1 aliphatic rings. The number of nitrogens with zero attached hydrogens (tertiary/aromatic N) is 2. The van der Waals surface area contributed by atoms with Crippen molar-refractivity contribution in [3.63, 3.8) is 0 Å². The fraction of sp³-hybridized carbons (Fsp3) is 0.524. The van der Waals surface area contributed by atoms with Crippen molar-refractivity contribution in [1.29, 1.82) is 0 Å². The van der Waals surface area contributed by atoms with Crippen LogP contribution in [0.4, 0.5) is 0 Å². The maximum absolute atomic E-state index is 12.5. The van der Waals surface area contributed by atoms with Gasteiger partial charge in [0.05, 0.1) is 7.11 Å². The van der Waals surface area contributed by atoms with Crippen molar-refractivity contribution >= 4 is 11.9 Å². The predicted octanol–water partition coefficient (Wildman–Crippen LogP) is 3.22. The maximum atomic E-state index is 12.5. The first-order chi connectivity index (χ1) is 13.4. The molecule has 150 valence electrons. The maximum Gasteiger partial charge on any atom is 0.331 e. The third-order valence-corrected chi connectivity index (χ3v) is 5.41. The number of amides is 1. The van der Waals surface area contributed by atoms with E-state index in [0.29, 0.717) is 37.0 Å². The number of esters is 1. The lowest BCUT2D eigenvalue weighted by molar-refractivity contribution is -0.153. The van der Waals surface area contributed by atoms with Crippen molar-refractivity contribution in [1.82, 2.24) is 15.5 Å². The van der Waals surface area contributed by atoms with Crippen LogP contribution in [-0.4, -0.2) is 34.7 Å². The minimum Gasteiger partial charge on any atom is -0.467 e. The lowest BCUT2D eigenvalue weighted by atomic mass is 9.77. The molecule has 1 aromatic heterocycles. The van der Waals surface area contributed by atoms with E-state index in [2.05, 4.69) is 22.4 Å². The number of aryl methyl sites for hydroxylation is 2. The zero-order chi connectivity index (χ0) is 20.1. The molecule has 7 heteroatoms. The van der Waals surface area contributed by atoms with Gasteiger partial charge in [0.2, 0.25) is 17.7 Å². The first kappa shape index (κ1) is 20.0. The topological polar surface area (TPSA) is 94.3 Å². The second-order valence-corrected chi connectivity index (χ2v) is 7.67. The number of hydrogen-bond donors (Lipinski definition) is 1. The highest BCUT2D eigenvalue weighted by Gasteiger charge is 2.43. The van der Waals surface area contributed by atoms with E-state index in [-0.39, 0.29) is 18.3 Å². The van der Waals surface area contributed by atoms with Crippen LogP contribution < -0.4 is 5.32 Å². The number of carbonyl (C=O) groups excluding carboxylic acids is 2. The van der Waals surface area contributed by atoms with Gasteiger partial charge < -0.3 is 14.5 Å². The summed E-state index contributed by atoms with van der Waals surface area (Å²) in [5.41, 5.74) is 1.08. The van der Waals surface area contributed by atoms with Crippen LogP contribution in [0.2, 0.25) is 0 Å². The fourth-order valence-corrected chi connectivity index (χ4v) is 3.55. The quantitative estimate of drug-likeness (QED) is 0.767. The summed E-state index contributed by atoms with van der Waals surface area (Å²) in [6.45, 7) is 4.17. The summed E-state index contributed by atoms with van der Waals surface area (Å²) in [5, 5.41) is 11.0. The number of benzene rings is 1. The molecule has 0 saturated heterocycles. The van der Waals surface area contributed by atoms with Gasteiger partial charge >= 0.3 is 5.97 Å². The number of rotatable bonds is 6. The Morgan fingerprint density at radius 1 is 1.21 bits per heavy atom. The number of methoxy groups -OCH3 is 1. The molecule has 1 fully saturated rings. The van der Waals surface area contributed by atoms with Gasteiger partial charge in [-0.1, -0.05) is 24.6 Å². The molecule has 0 bridgehead atoms. The molecular weight excluding hydrogens is 358 g/mol. The first-order valence-electron chi connectivity index (χ1n) is 9.71. The molecule has 0 unspecified atom stereocenters. The highest BCUT2D eigenvalue weighted by Crippen LogP contribution is 2.33. The zero-order valence-electron chi connectivity index (χ0n) is 16.7. The Labute approximate surface area is 164 Å². The lowest BCUT2D eigenvalue weighted by Crippen LogP contribution is -2.56. The number of aromatic nitrogens is 2. The average molecular weight is 385 g/mol. The molecule has 1 saturated carbocycles. The molecule has 3 rings (SSSR count). The van der Waals surface area contributed by atoms with Crippen molar-refractivity contribution in [3.8, 4) is 11.5 Å². The molecule has 1 aliphatic carbocycles. The number of nitrogens with one attached hydrogen (secondary N) is 1. The number of carbonyl (C=O) groups is 2. The monoisotopic (exact) mass is 385 g/mol. The third-order valence-electron chi connectivity index (χ3n) is 5.41. The molecule has 1 aromatic carbocycles. The van der Waals surface area contributed by atoms with Crippen LogP contribution in [0.15, 0.2) is 28.7 Å². The molecule has 0 atom stereocenters. The van der Waals surface area contributed by atoms with E-state index in [1.54, 1.807) is 0 Å². The number of hydrogen-bond acceptors (Lipinski definition) is 6. The third kappa shape index (κ3) is 4.58. The summed E-state index contributed by atoms with van der Waals surface area (Å²) in [6.07, 6.45) is 3.47. The van der Waals surface area contributed by atoms with Crippen LogP contribution in [-0.2, 0) is 20.7 Å². The lowest BCUT2D eigenvalue weighted by Gasteiger charge is -2.37. The van der Waals surface area contributed by atoms with Crippen LogP contribution >= 0.6 is 0 Å². The minimum atomic E-state index is -0.916. The molecule has 1 amide bonds. The zero-order valence-corrected chi connectivity index (χ0v) is 16.7. The van der Waals surface area contributed by atoms with E-state index in [4.69, 9.17) is 9.15 Å². The standard InChI is InChI=1S/C21H27N3O4/c1-14-4-6-16(7-5-14)19-24-23-18(28-19)9-8-17(25)22-21(20(26)27-3)12-10-15(2)11-13-21/h4-7,15H,8-13H2,1-3H3,(H,22,25). The fourth-order valence-electron chi connectivity index (χ4n) is 3.55. The van der Waals surface area contributed by atoms with E-state index in [1.165, 1.54) is 7.11 Å². The Hall–Kier alpha value is -2.70. The molecular formula is C21H27N3O4. The summed E-state index contributed by atoms with van der Waals surface area (Å²) < 4.78 is 10.6. The Morgan fingerprint density at radius 2 is 1.89 bits per heavy atom. The van der Waals surface area contributed by atoms with E-state index in [1.807, 2.05) is 31.2 Å². The molecule has 28 heavy (non-hydrogen) atoms. The van der Waals surface area contributed by atoms with Crippen molar-refractivity contribution in [2.24, 2.45) is 5.92 Å². The van der Waals surface area contributed by atoms with Crippen LogP contribution in [0.1, 0.15) is 50.5 Å². The van der Waals surface area contributed by atoms with Gasteiger partial charge in [0.25, 0.3) is 0 Å². The van der Waals surface area contributed by atoms with Gasteiger partial charge in [0, 0.05) is 18.4 Å². The van der Waals surface area contributed by atoms with Crippen LogP contribution in [0.3, 0.4) is 0 Å². The van der Waals surface area contributed by atoms with E-state index in [9.17, 15) is 9.59 Å². The van der Waals surface area contributed by atoms with E-state index >= 15 is 0 Å². The van der Waals surface area contributed by atoms with Crippen LogP contribution in [0.5, 0.6) is 0 Å². The Morgan fingerprint density at radius 3 is 2.54 bits per heavy atom. The van der Waals surface area contributed by atoms with Gasteiger partial charge in [-0.15, -0.1) is 10.2 Å². The second-order valence-electron chi connectivity index (χ2n) is 7.67. The SMILES string of the molecule is COC(=O)C1(NC(=O)CCc2nnc(-c3ccc(C)cc3)o2)CCC(C)CC1. The largest absolute Gasteiger partial charge is 0.467 e. The number of ether oxygens (including phenoxy) is 1. The summed E-state index contributed by atoms with van der Waals surface area (Å²) in [7, 11) is 1.36. The van der Waals surface area contributed by atoms with Gasteiger partial charge in [0.15, 0.2) is 0 Å². The Kier molecular flexibility index (Phi) is 6.11. The summed E-state index contributed by atoms with van der Waals surface area (Å²) in [4.78, 5) is 24.8. The molecule has 1 N–H and O–H groups in total. The normalized spacial score (nSPS) is 21.9. The van der Waals surface area contributed by atoms with Gasteiger partial charge in [-0.3, -0.25) is 4.79 Å². The Balaban J connectivity index is 1.59. The smallest absolute Gasteiger partial charge is 0.331 e. The van der Waals surface area contributed by atoms with Gasteiger partial charge in [-0.05, 0) is 50.7 Å². The van der Waals surface area contributed by atoms with Crippen LogP contribution in [0.25, 0.3) is 11.5 Å². The van der Waals surface area contributed by atoms with Crippen molar-refractivity contribution in [2.75, 3.05) is 7.11 Å². The molecule has 0 spiro atoms. The molecule has 7 nitrogen and oxygen atoms in total. The summed E-state index contributed by atoms with van der Waals surface area (Å²) in [5.74, 6) is 0.799.